The first-order valence-corrected chi connectivity index (χ1v) is 5.63. The van der Waals surface area contributed by atoms with Gasteiger partial charge in [-0.2, -0.15) is 0 Å². The minimum absolute atomic E-state index is 0.558. The van der Waals surface area contributed by atoms with Gasteiger partial charge in [0, 0.05) is 12.1 Å². The van der Waals surface area contributed by atoms with Crippen LogP contribution >= 0.6 is 0 Å². The van der Waals surface area contributed by atoms with Gasteiger partial charge in [-0.3, -0.25) is 0 Å². The molecule has 1 aliphatic carbocycles. The maximum atomic E-state index is 5.86. The van der Waals surface area contributed by atoms with E-state index >= 15 is 0 Å². The van der Waals surface area contributed by atoms with Crippen LogP contribution in [0.5, 0.6) is 5.75 Å². The first-order chi connectivity index (χ1) is 7.20. The summed E-state index contributed by atoms with van der Waals surface area (Å²) in [5.41, 5.74) is 9.32. The molecule has 0 atom stereocenters. The Morgan fingerprint density at radius 2 is 2.07 bits per heavy atom. The van der Waals surface area contributed by atoms with Gasteiger partial charge >= 0.3 is 0 Å². The molecule has 1 fully saturated rings. The highest BCUT2D eigenvalue weighted by atomic mass is 16.5. The highest BCUT2D eigenvalue weighted by molar-refractivity contribution is 5.43. The number of hydrogen-bond donors (Lipinski definition) is 1. The van der Waals surface area contributed by atoms with Crippen molar-refractivity contribution in [3.63, 3.8) is 0 Å². The highest BCUT2D eigenvalue weighted by Crippen LogP contribution is 2.32. The molecule has 0 aliphatic heterocycles. The van der Waals surface area contributed by atoms with Crippen LogP contribution < -0.4 is 10.5 Å². The van der Waals surface area contributed by atoms with Gasteiger partial charge in [-0.15, -0.1) is 0 Å². The summed E-state index contributed by atoms with van der Waals surface area (Å²) in [6.45, 7) is 5.60. The third kappa shape index (κ3) is 2.51. The molecule has 1 aromatic carbocycles. The molecule has 0 radical (unpaired) electrons. The van der Waals surface area contributed by atoms with Gasteiger partial charge in [0.2, 0.25) is 0 Å². The van der Waals surface area contributed by atoms with Crippen molar-refractivity contribution in [2.24, 2.45) is 11.7 Å². The van der Waals surface area contributed by atoms with Crippen LogP contribution in [-0.2, 0) is 6.54 Å². The standard InChI is InChI=1S/C13H19NO/c1-9-5-10(2)13(12(6-9)7-14)15-8-11-3-4-11/h5-6,11H,3-4,7-8,14H2,1-2H3. The summed E-state index contributed by atoms with van der Waals surface area (Å²) in [6, 6.07) is 4.27. The minimum atomic E-state index is 0.558. The third-order valence-electron chi connectivity index (χ3n) is 2.88. The third-order valence-corrected chi connectivity index (χ3v) is 2.88. The number of aryl methyl sites for hydroxylation is 2. The van der Waals surface area contributed by atoms with Crippen LogP contribution in [0.3, 0.4) is 0 Å². The Hall–Kier alpha value is -1.02. The van der Waals surface area contributed by atoms with E-state index < -0.39 is 0 Å². The van der Waals surface area contributed by atoms with Crippen LogP contribution in [0.4, 0.5) is 0 Å². The molecular weight excluding hydrogens is 186 g/mol. The molecule has 1 saturated carbocycles. The van der Waals surface area contributed by atoms with Crippen molar-refractivity contribution in [2.75, 3.05) is 6.61 Å². The second-order valence-electron chi connectivity index (χ2n) is 4.53. The molecule has 0 unspecified atom stereocenters. The van der Waals surface area contributed by atoms with Gasteiger partial charge in [0.05, 0.1) is 6.61 Å². The second kappa shape index (κ2) is 4.23. The van der Waals surface area contributed by atoms with E-state index in [1.54, 1.807) is 0 Å². The molecule has 1 aromatic rings. The Morgan fingerprint density at radius 1 is 1.33 bits per heavy atom. The van der Waals surface area contributed by atoms with Crippen LogP contribution in [-0.4, -0.2) is 6.61 Å². The van der Waals surface area contributed by atoms with Crippen molar-refractivity contribution >= 4 is 0 Å². The fraction of sp³-hybridized carbons (Fsp3) is 0.538. The summed E-state index contributed by atoms with van der Waals surface area (Å²) < 4.78 is 5.86. The molecule has 2 heteroatoms. The van der Waals surface area contributed by atoms with E-state index in [0.29, 0.717) is 6.54 Å². The van der Waals surface area contributed by atoms with Crippen molar-refractivity contribution in [1.82, 2.24) is 0 Å². The molecule has 15 heavy (non-hydrogen) atoms. The molecule has 0 spiro atoms. The molecule has 82 valence electrons. The lowest BCUT2D eigenvalue weighted by Crippen LogP contribution is -2.06. The van der Waals surface area contributed by atoms with Gasteiger partial charge in [-0.1, -0.05) is 17.7 Å². The molecule has 0 amide bonds. The van der Waals surface area contributed by atoms with E-state index in [9.17, 15) is 0 Å². The molecular formula is C13H19NO. The molecule has 1 aliphatic rings. The Balaban J connectivity index is 2.17. The van der Waals surface area contributed by atoms with Crippen molar-refractivity contribution in [3.8, 4) is 5.75 Å². The Labute approximate surface area is 91.4 Å². The van der Waals surface area contributed by atoms with Crippen LogP contribution in [0.25, 0.3) is 0 Å². The maximum Gasteiger partial charge on any atom is 0.126 e. The Bertz CT molecular complexity index is 356. The van der Waals surface area contributed by atoms with Crippen LogP contribution in [0.2, 0.25) is 0 Å². The van der Waals surface area contributed by atoms with Crippen molar-refractivity contribution in [2.45, 2.75) is 33.2 Å². The highest BCUT2D eigenvalue weighted by Gasteiger charge is 2.22. The number of hydrogen-bond acceptors (Lipinski definition) is 2. The first-order valence-electron chi connectivity index (χ1n) is 5.63. The smallest absolute Gasteiger partial charge is 0.126 e. The first kappa shape index (κ1) is 10.5. The van der Waals surface area contributed by atoms with Crippen LogP contribution in [0.15, 0.2) is 12.1 Å². The summed E-state index contributed by atoms with van der Waals surface area (Å²) >= 11 is 0. The fourth-order valence-corrected chi connectivity index (χ4v) is 1.89. The number of ether oxygens (including phenoxy) is 1. The van der Waals surface area contributed by atoms with E-state index in [1.807, 2.05) is 0 Å². The van der Waals surface area contributed by atoms with Crippen molar-refractivity contribution in [3.05, 3.63) is 28.8 Å². The summed E-state index contributed by atoms with van der Waals surface area (Å²) in [4.78, 5) is 0. The molecule has 0 aromatic heterocycles. The van der Waals surface area contributed by atoms with Gasteiger partial charge < -0.3 is 10.5 Å². The monoisotopic (exact) mass is 205 g/mol. The van der Waals surface area contributed by atoms with E-state index in [1.165, 1.54) is 24.0 Å². The van der Waals surface area contributed by atoms with Crippen LogP contribution in [0.1, 0.15) is 29.5 Å². The molecule has 0 bridgehead atoms. The van der Waals surface area contributed by atoms with E-state index in [4.69, 9.17) is 10.5 Å². The molecule has 2 nitrogen and oxygen atoms in total. The average molecular weight is 205 g/mol. The summed E-state index contributed by atoms with van der Waals surface area (Å²) in [5.74, 6) is 1.80. The SMILES string of the molecule is Cc1cc(C)c(OCC2CC2)c(CN)c1. The zero-order chi connectivity index (χ0) is 10.8. The number of rotatable bonds is 4. The fourth-order valence-electron chi connectivity index (χ4n) is 1.89. The van der Waals surface area contributed by atoms with Crippen LogP contribution in [0, 0.1) is 19.8 Å². The molecule has 0 heterocycles. The topological polar surface area (TPSA) is 35.2 Å². The molecule has 2 rings (SSSR count). The Kier molecular flexibility index (Phi) is 2.96. The normalized spacial score (nSPS) is 15.4. The van der Waals surface area contributed by atoms with Gasteiger partial charge in [0.1, 0.15) is 5.75 Å². The Morgan fingerprint density at radius 3 is 2.67 bits per heavy atom. The summed E-state index contributed by atoms with van der Waals surface area (Å²) in [5, 5.41) is 0. The predicted molar refractivity (Wildman–Crippen MR) is 62.0 cm³/mol. The van der Waals surface area contributed by atoms with Gasteiger partial charge in [-0.05, 0) is 38.2 Å². The lowest BCUT2D eigenvalue weighted by Gasteiger charge is -2.14. The number of nitrogens with two attached hydrogens (primary N) is 1. The van der Waals surface area contributed by atoms with Crippen molar-refractivity contribution in [1.29, 1.82) is 0 Å². The zero-order valence-corrected chi connectivity index (χ0v) is 9.55. The molecule has 0 saturated heterocycles. The van der Waals surface area contributed by atoms with E-state index in [2.05, 4.69) is 26.0 Å². The van der Waals surface area contributed by atoms with E-state index in [0.717, 1.165) is 23.8 Å². The molecule has 2 N–H and O–H groups in total. The second-order valence-corrected chi connectivity index (χ2v) is 4.53. The largest absolute Gasteiger partial charge is 0.493 e. The summed E-state index contributed by atoms with van der Waals surface area (Å²) in [6.07, 6.45) is 2.64. The zero-order valence-electron chi connectivity index (χ0n) is 9.55. The quantitative estimate of drug-likeness (QED) is 0.820. The predicted octanol–water partition coefficient (Wildman–Crippen LogP) is 2.55. The average Bonchev–Trinajstić information content (AvgIpc) is 2.99. The van der Waals surface area contributed by atoms with Gasteiger partial charge in [0.25, 0.3) is 0 Å². The van der Waals surface area contributed by atoms with Gasteiger partial charge in [0.15, 0.2) is 0 Å². The summed E-state index contributed by atoms with van der Waals surface area (Å²) in [7, 11) is 0. The number of benzene rings is 1. The van der Waals surface area contributed by atoms with Gasteiger partial charge in [-0.25, -0.2) is 0 Å². The van der Waals surface area contributed by atoms with Crippen molar-refractivity contribution < 1.29 is 4.74 Å². The minimum Gasteiger partial charge on any atom is -0.493 e. The lowest BCUT2D eigenvalue weighted by atomic mass is 10.1. The maximum absolute atomic E-state index is 5.86. The lowest BCUT2D eigenvalue weighted by molar-refractivity contribution is 0.295. The van der Waals surface area contributed by atoms with E-state index in [-0.39, 0.29) is 0 Å².